The normalized spacial score (nSPS) is 24.9. The molecule has 0 aromatic heterocycles. The van der Waals surface area contributed by atoms with E-state index in [0.29, 0.717) is 5.92 Å². The fraction of sp³-hybridized carbons (Fsp3) is 0.571. The van der Waals surface area contributed by atoms with Gasteiger partial charge in [0, 0.05) is 6.54 Å². The van der Waals surface area contributed by atoms with E-state index in [9.17, 15) is 5.11 Å². The Morgan fingerprint density at radius 3 is 2.81 bits per heavy atom. The Hall–Kier alpha value is -0.860. The summed E-state index contributed by atoms with van der Waals surface area (Å²) in [6.45, 7) is 4.13. The predicted molar refractivity (Wildman–Crippen MR) is 66.2 cm³/mol. The van der Waals surface area contributed by atoms with E-state index in [-0.39, 0.29) is 6.10 Å². The zero-order valence-electron chi connectivity index (χ0n) is 9.95. The van der Waals surface area contributed by atoms with Crippen LogP contribution in [0.2, 0.25) is 0 Å². The van der Waals surface area contributed by atoms with Crippen LogP contribution in [0.3, 0.4) is 0 Å². The van der Waals surface area contributed by atoms with Gasteiger partial charge in [-0.05, 0) is 49.8 Å². The van der Waals surface area contributed by atoms with Crippen molar-refractivity contribution in [1.29, 1.82) is 0 Å². The first kappa shape index (κ1) is 11.6. The smallest absolute Gasteiger partial charge is 0.0543 e. The Labute approximate surface area is 97.7 Å². The van der Waals surface area contributed by atoms with Crippen LogP contribution in [-0.2, 0) is 6.54 Å². The third-order valence-electron chi connectivity index (χ3n) is 3.52. The van der Waals surface area contributed by atoms with Gasteiger partial charge >= 0.3 is 0 Å². The number of nitrogens with one attached hydrogen (secondary N) is 1. The molecule has 2 heteroatoms. The topological polar surface area (TPSA) is 32.3 Å². The van der Waals surface area contributed by atoms with Crippen LogP contribution in [0.25, 0.3) is 0 Å². The van der Waals surface area contributed by atoms with Crippen molar-refractivity contribution in [3.8, 4) is 0 Å². The summed E-state index contributed by atoms with van der Waals surface area (Å²) in [5, 5.41) is 12.9. The molecule has 2 nitrogen and oxygen atoms in total. The Morgan fingerprint density at radius 1 is 1.31 bits per heavy atom. The van der Waals surface area contributed by atoms with E-state index < -0.39 is 0 Å². The number of aryl methyl sites for hydroxylation is 1. The summed E-state index contributed by atoms with van der Waals surface area (Å²) in [6.07, 6.45) is 3.07. The fourth-order valence-corrected chi connectivity index (χ4v) is 2.45. The molecule has 1 fully saturated rings. The van der Waals surface area contributed by atoms with E-state index in [1.54, 1.807) is 0 Å². The van der Waals surface area contributed by atoms with E-state index in [1.807, 2.05) is 0 Å². The molecule has 1 aromatic rings. The van der Waals surface area contributed by atoms with Crippen LogP contribution in [-0.4, -0.2) is 17.8 Å². The highest BCUT2D eigenvalue weighted by Gasteiger charge is 2.21. The van der Waals surface area contributed by atoms with Gasteiger partial charge in [-0.3, -0.25) is 0 Å². The number of benzene rings is 1. The molecule has 0 heterocycles. The first-order valence-corrected chi connectivity index (χ1v) is 6.19. The summed E-state index contributed by atoms with van der Waals surface area (Å²) >= 11 is 0. The molecule has 2 unspecified atom stereocenters. The van der Waals surface area contributed by atoms with Crippen molar-refractivity contribution in [1.82, 2.24) is 5.32 Å². The molecule has 0 amide bonds. The second-order valence-corrected chi connectivity index (χ2v) is 4.89. The average Bonchev–Trinajstić information content (AvgIpc) is 2.67. The SMILES string of the molecule is Cc1ccccc1CNCC1CCC(O)C1. The molecule has 88 valence electrons. The molecular formula is C14H21NO. The molecular weight excluding hydrogens is 198 g/mol. The molecule has 1 saturated carbocycles. The largest absolute Gasteiger partial charge is 0.393 e. The third kappa shape index (κ3) is 3.06. The lowest BCUT2D eigenvalue weighted by molar-refractivity contribution is 0.177. The molecule has 0 aliphatic heterocycles. The van der Waals surface area contributed by atoms with Crippen LogP contribution in [0.1, 0.15) is 30.4 Å². The van der Waals surface area contributed by atoms with Gasteiger partial charge in [0.1, 0.15) is 0 Å². The quantitative estimate of drug-likeness (QED) is 0.814. The van der Waals surface area contributed by atoms with Crippen molar-refractivity contribution in [2.75, 3.05) is 6.54 Å². The standard InChI is InChI=1S/C14H21NO/c1-11-4-2-3-5-13(11)10-15-9-12-6-7-14(16)8-12/h2-5,12,14-16H,6-10H2,1H3. The molecule has 1 aliphatic rings. The summed E-state index contributed by atoms with van der Waals surface area (Å²) in [7, 11) is 0. The van der Waals surface area contributed by atoms with Gasteiger partial charge in [0.15, 0.2) is 0 Å². The van der Waals surface area contributed by atoms with Crippen LogP contribution in [0.5, 0.6) is 0 Å². The van der Waals surface area contributed by atoms with E-state index in [1.165, 1.54) is 17.5 Å². The summed E-state index contributed by atoms with van der Waals surface area (Å²) in [5.41, 5.74) is 2.72. The van der Waals surface area contributed by atoms with Gasteiger partial charge in [-0.25, -0.2) is 0 Å². The third-order valence-corrected chi connectivity index (χ3v) is 3.52. The first-order chi connectivity index (χ1) is 7.75. The maximum Gasteiger partial charge on any atom is 0.0543 e. The predicted octanol–water partition coefficient (Wildman–Crippen LogP) is 2.25. The summed E-state index contributed by atoms with van der Waals surface area (Å²) < 4.78 is 0. The van der Waals surface area contributed by atoms with Crippen LogP contribution < -0.4 is 5.32 Å². The van der Waals surface area contributed by atoms with Gasteiger partial charge in [-0.1, -0.05) is 24.3 Å². The number of rotatable bonds is 4. The van der Waals surface area contributed by atoms with Gasteiger partial charge in [0.25, 0.3) is 0 Å². The number of aliphatic hydroxyl groups excluding tert-OH is 1. The van der Waals surface area contributed by atoms with Crippen LogP contribution in [0.15, 0.2) is 24.3 Å². The minimum absolute atomic E-state index is 0.0507. The molecule has 0 saturated heterocycles. The Balaban J connectivity index is 1.74. The number of hydrogen-bond acceptors (Lipinski definition) is 2. The van der Waals surface area contributed by atoms with Crippen LogP contribution in [0.4, 0.5) is 0 Å². The maximum absolute atomic E-state index is 9.43. The lowest BCUT2D eigenvalue weighted by Crippen LogP contribution is -2.21. The average molecular weight is 219 g/mol. The molecule has 2 N–H and O–H groups in total. The Kier molecular flexibility index (Phi) is 3.97. The molecule has 1 aliphatic carbocycles. The molecule has 2 atom stereocenters. The lowest BCUT2D eigenvalue weighted by Gasteiger charge is -2.12. The maximum atomic E-state index is 9.43. The zero-order chi connectivity index (χ0) is 11.4. The van der Waals surface area contributed by atoms with Crippen molar-refractivity contribution in [3.63, 3.8) is 0 Å². The summed E-state index contributed by atoms with van der Waals surface area (Å²) in [6, 6.07) is 8.48. The highest BCUT2D eigenvalue weighted by molar-refractivity contribution is 5.25. The molecule has 2 rings (SSSR count). The number of aliphatic hydroxyl groups is 1. The Morgan fingerprint density at radius 2 is 2.12 bits per heavy atom. The summed E-state index contributed by atoms with van der Waals surface area (Å²) in [4.78, 5) is 0. The minimum atomic E-state index is -0.0507. The second-order valence-electron chi connectivity index (χ2n) is 4.89. The van der Waals surface area contributed by atoms with Gasteiger partial charge in [-0.15, -0.1) is 0 Å². The van der Waals surface area contributed by atoms with E-state index in [4.69, 9.17) is 0 Å². The van der Waals surface area contributed by atoms with Gasteiger partial charge in [0.05, 0.1) is 6.10 Å². The zero-order valence-corrected chi connectivity index (χ0v) is 9.95. The van der Waals surface area contributed by atoms with Gasteiger partial charge < -0.3 is 10.4 Å². The van der Waals surface area contributed by atoms with Crippen molar-refractivity contribution in [2.24, 2.45) is 5.92 Å². The van der Waals surface area contributed by atoms with E-state index in [0.717, 1.165) is 25.9 Å². The van der Waals surface area contributed by atoms with Crippen molar-refractivity contribution < 1.29 is 5.11 Å². The Bertz CT molecular complexity index is 337. The first-order valence-electron chi connectivity index (χ1n) is 6.19. The monoisotopic (exact) mass is 219 g/mol. The fourth-order valence-electron chi connectivity index (χ4n) is 2.45. The molecule has 0 radical (unpaired) electrons. The summed E-state index contributed by atoms with van der Waals surface area (Å²) in [5.74, 6) is 0.666. The van der Waals surface area contributed by atoms with Crippen LogP contribution in [0, 0.1) is 12.8 Å². The van der Waals surface area contributed by atoms with Crippen LogP contribution >= 0.6 is 0 Å². The highest BCUT2D eigenvalue weighted by Crippen LogP contribution is 2.24. The highest BCUT2D eigenvalue weighted by atomic mass is 16.3. The lowest BCUT2D eigenvalue weighted by atomic mass is 10.1. The molecule has 0 bridgehead atoms. The van der Waals surface area contributed by atoms with E-state index >= 15 is 0 Å². The van der Waals surface area contributed by atoms with Crippen molar-refractivity contribution in [2.45, 2.75) is 38.8 Å². The van der Waals surface area contributed by atoms with Crippen molar-refractivity contribution in [3.05, 3.63) is 35.4 Å². The van der Waals surface area contributed by atoms with Crippen molar-refractivity contribution >= 4 is 0 Å². The number of hydrogen-bond donors (Lipinski definition) is 2. The molecule has 16 heavy (non-hydrogen) atoms. The van der Waals surface area contributed by atoms with Gasteiger partial charge in [-0.2, -0.15) is 0 Å². The van der Waals surface area contributed by atoms with E-state index in [2.05, 4.69) is 36.5 Å². The molecule has 0 spiro atoms. The van der Waals surface area contributed by atoms with Gasteiger partial charge in [0.2, 0.25) is 0 Å². The minimum Gasteiger partial charge on any atom is -0.393 e. The second kappa shape index (κ2) is 5.46. The molecule has 1 aromatic carbocycles.